The van der Waals surface area contributed by atoms with Gasteiger partial charge in [-0.05, 0) is 18.1 Å². The second-order valence-corrected chi connectivity index (χ2v) is 5.61. The molecule has 3 heteroatoms. The lowest BCUT2D eigenvalue weighted by Crippen LogP contribution is -2.61. The molecule has 1 aromatic carbocycles. The van der Waals surface area contributed by atoms with Crippen LogP contribution in [-0.4, -0.2) is 18.1 Å². The largest absolute Gasteiger partial charge is 0.373 e. The first kappa shape index (κ1) is 13.8. The molecule has 0 saturated heterocycles. The number of hydrogen-bond donors (Lipinski definition) is 1. The summed E-state index contributed by atoms with van der Waals surface area (Å²) >= 11 is 0. The number of benzene rings is 1. The maximum atomic E-state index is 11.3. The molecule has 3 nitrogen and oxygen atoms in total. The summed E-state index contributed by atoms with van der Waals surface area (Å²) in [4.78, 5) is 11.3. The van der Waals surface area contributed by atoms with Crippen molar-refractivity contribution >= 4 is 5.91 Å². The Kier molecular flexibility index (Phi) is 4.05. The third-order valence-corrected chi connectivity index (χ3v) is 3.97. The first-order valence-corrected chi connectivity index (χ1v) is 6.62. The molecule has 0 unspecified atom stereocenters. The molecule has 0 bridgehead atoms. The predicted octanol–water partition coefficient (Wildman–Crippen LogP) is 2.67. The third kappa shape index (κ3) is 3.04. The average molecular weight is 259 g/mol. The van der Waals surface area contributed by atoms with Crippen molar-refractivity contribution in [3.63, 3.8) is 0 Å². The fourth-order valence-electron chi connectivity index (χ4n) is 2.41. The zero-order valence-corrected chi connectivity index (χ0v) is 11.6. The van der Waals surface area contributed by atoms with Crippen molar-refractivity contribution in [2.24, 2.45) is 5.41 Å². The fraction of sp³-hybridized carbons (Fsp3) is 0.438. The quantitative estimate of drug-likeness (QED) is 0.826. The molecule has 0 radical (unpaired) electrons. The molecule has 2 rings (SSSR count). The van der Waals surface area contributed by atoms with Crippen molar-refractivity contribution in [1.29, 1.82) is 0 Å². The summed E-state index contributed by atoms with van der Waals surface area (Å²) in [5.74, 6) is -0.111. The molecule has 0 aromatic heterocycles. The molecule has 102 valence electrons. The molecule has 2 atom stereocenters. The van der Waals surface area contributed by atoms with Gasteiger partial charge >= 0.3 is 0 Å². The highest BCUT2D eigenvalue weighted by Crippen LogP contribution is 2.43. The van der Waals surface area contributed by atoms with E-state index in [1.165, 1.54) is 11.6 Å². The maximum Gasteiger partial charge on any atom is 0.243 e. The first-order chi connectivity index (χ1) is 9.04. The lowest BCUT2D eigenvalue weighted by Gasteiger charge is -2.51. The van der Waals surface area contributed by atoms with Gasteiger partial charge in [0.05, 0.1) is 12.7 Å². The molecule has 1 saturated carbocycles. The van der Waals surface area contributed by atoms with Crippen LogP contribution in [0.3, 0.4) is 0 Å². The zero-order chi connectivity index (χ0) is 13.9. The number of amides is 1. The first-order valence-electron chi connectivity index (χ1n) is 6.62. The molecule has 19 heavy (non-hydrogen) atoms. The maximum absolute atomic E-state index is 11.3. The highest BCUT2D eigenvalue weighted by molar-refractivity contribution is 5.87. The molecule has 0 spiro atoms. The minimum Gasteiger partial charge on any atom is -0.373 e. The van der Waals surface area contributed by atoms with Gasteiger partial charge in [0.15, 0.2) is 0 Å². The second-order valence-electron chi connectivity index (χ2n) is 5.61. The molecule has 1 fully saturated rings. The van der Waals surface area contributed by atoms with Crippen molar-refractivity contribution in [2.45, 2.75) is 39.0 Å². The van der Waals surface area contributed by atoms with Gasteiger partial charge in [-0.25, -0.2) is 0 Å². The number of carbonyl (C=O) groups excluding carboxylic acids is 1. The molecule has 1 N–H and O–H groups in total. The monoisotopic (exact) mass is 259 g/mol. The van der Waals surface area contributed by atoms with Crippen LogP contribution in [0.5, 0.6) is 0 Å². The molecule has 1 amide bonds. The van der Waals surface area contributed by atoms with Gasteiger partial charge in [0, 0.05) is 11.5 Å². The number of rotatable bonds is 5. The predicted molar refractivity (Wildman–Crippen MR) is 75.5 cm³/mol. The van der Waals surface area contributed by atoms with E-state index in [1.807, 2.05) is 18.2 Å². The molecule has 0 aliphatic heterocycles. The molecule has 1 aromatic rings. The molecular formula is C16H21NO2. The Hall–Kier alpha value is -1.61. The van der Waals surface area contributed by atoms with Crippen molar-refractivity contribution in [3.05, 3.63) is 48.6 Å². The normalized spacial score (nSPS) is 24.3. The highest BCUT2D eigenvalue weighted by Gasteiger charge is 2.49. The van der Waals surface area contributed by atoms with Gasteiger partial charge in [-0.1, -0.05) is 50.8 Å². The van der Waals surface area contributed by atoms with Gasteiger partial charge in [0.25, 0.3) is 0 Å². The Morgan fingerprint density at radius 2 is 2.16 bits per heavy atom. The highest BCUT2D eigenvalue weighted by atomic mass is 16.5. The van der Waals surface area contributed by atoms with Crippen LogP contribution in [0.1, 0.15) is 25.8 Å². The summed E-state index contributed by atoms with van der Waals surface area (Å²) in [6, 6.07) is 10.3. The van der Waals surface area contributed by atoms with E-state index in [0.29, 0.717) is 6.61 Å². The van der Waals surface area contributed by atoms with Gasteiger partial charge < -0.3 is 10.1 Å². The summed E-state index contributed by atoms with van der Waals surface area (Å²) in [5, 5.41) is 2.95. The SMILES string of the molecule is C=CC(=O)N[C@@H]1C[C@H](OCc2ccccc2)C1(C)C. The number of nitrogens with one attached hydrogen (secondary N) is 1. The van der Waals surface area contributed by atoms with Gasteiger partial charge in [0.2, 0.25) is 5.91 Å². The third-order valence-electron chi connectivity index (χ3n) is 3.97. The summed E-state index contributed by atoms with van der Waals surface area (Å²) in [7, 11) is 0. The van der Waals surface area contributed by atoms with Crippen molar-refractivity contribution < 1.29 is 9.53 Å². The van der Waals surface area contributed by atoms with E-state index in [-0.39, 0.29) is 23.5 Å². The van der Waals surface area contributed by atoms with Crippen LogP contribution in [-0.2, 0) is 16.1 Å². The standard InChI is InChI=1S/C16H21NO2/c1-4-15(18)17-13-10-14(16(13,2)3)19-11-12-8-6-5-7-9-12/h4-9,13-14H,1,10-11H2,2-3H3,(H,17,18)/t13-,14+/m1/s1. The summed E-state index contributed by atoms with van der Waals surface area (Å²) in [6.45, 7) is 8.34. The molecule has 1 aliphatic carbocycles. The number of carbonyl (C=O) groups is 1. The van der Waals surface area contributed by atoms with Crippen LogP contribution < -0.4 is 5.32 Å². The van der Waals surface area contributed by atoms with E-state index >= 15 is 0 Å². The van der Waals surface area contributed by atoms with Crippen LogP contribution in [0.4, 0.5) is 0 Å². The van der Waals surface area contributed by atoms with Crippen LogP contribution >= 0.6 is 0 Å². The molecule has 0 heterocycles. The summed E-state index contributed by atoms with van der Waals surface area (Å²) in [5.41, 5.74) is 1.14. The van der Waals surface area contributed by atoms with Crippen LogP contribution in [0.15, 0.2) is 43.0 Å². The van der Waals surface area contributed by atoms with E-state index in [9.17, 15) is 4.79 Å². The van der Waals surface area contributed by atoms with E-state index in [4.69, 9.17) is 4.74 Å². The van der Waals surface area contributed by atoms with Gasteiger partial charge in [-0.15, -0.1) is 0 Å². The van der Waals surface area contributed by atoms with Gasteiger partial charge in [-0.3, -0.25) is 4.79 Å². The van der Waals surface area contributed by atoms with Crippen LogP contribution in [0, 0.1) is 5.41 Å². The number of hydrogen-bond acceptors (Lipinski definition) is 2. The van der Waals surface area contributed by atoms with E-state index in [2.05, 4.69) is 37.9 Å². The lowest BCUT2D eigenvalue weighted by atomic mass is 9.64. The van der Waals surface area contributed by atoms with Crippen molar-refractivity contribution in [1.82, 2.24) is 5.32 Å². The minimum atomic E-state index is -0.111. The van der Waals surface area contributed by atoms with E-state index in [1.54, 1.807) is 0 Å². The summed E-state index contributed by atoms with van der Waals surface area (Å²) in [6.07, 6.45) is 2.36. The van der Waals surface area contributed by atoms with Crippen molar-refractivity contribution in [3.8, 4) is 0 Å². The topological polar surface area (TPSA) is 38.3 Å². The smallest absolute Gasteiger partial charge is 0.243 e. The Balaban J connectivity index is 1.84. The average Bonchev–Trinajstić information content (AvgIpc) is 2.42. The number of ether oxygens (including phenoxy) is 1. The van der Waals surface area contributed by atoms with Crippen molar-refractivity contribution in [2.75, 3.05) is 0 Å². The van der Waals surface area contributed by atoms with Gasteiger partial charge in [0.1, 0.15) is 0 Å². The minimum absolute atomic E-state index is 0.0343. The second kappa shape index (κ2) is 5.57. The van der Waals surface area contributed by atoms with Gasteiger partial charge in [-0.2, -0.15) is 0 Å². The summed E-state index contributed by atoms with van der Waals surface area (Å²) < 4.78 is 5.95. The Bertz CT molecular complexity index is 453. The van der Waals surface area contributed by atoms with Crippen LogP contribution in [0.25, 0.3) is 0 Å². The lowest BCUT2D eigenvalue weighted by molar-refractivity contribution is -0.137. The molecular weight excluding hydrogens is 238 g/mol. The van der Waals surface area contributed by atoms with Crippen LogP contribution in [0.2, 0.25) is 0 Å². The Morgan fingerprint density at radius 1 is 1.47 bits per heavy atom. The fourth-order valence-corrected chi connectivity index (χ4v) is 2.41. The molecule has 1 aliphatic rings. The Morgan fingerprint density at radius 3 is 2.74 bits per heavy atom. The van der Waals surface area contributed by atoms with E-state index in [0.717, 1.165) is 6.42 Å². The van der Waals surface area contributed by atoms with E-state index < -0.39 is 0 Å². The zero-order valence-electron chi connectivity index (χ0n) is 11.6. The Labute approximate surface area is 114 Å².